The Hall–Kier alpha value is -3.33. The number of sulfonamides is 1. The molecule has 1 amide bonds. The minimum Gasteiger partial charge on any atom is -0.480 e. The molecule has 3 aromatic rings. The van der Waals surface area contributed by atoms with Crippen molar-refractivity contribution in [1.29, 1.82) is 5.41 Å². The molecule has 1 unspecified atom stereocenters. The number of carbonyl (C=O) groups excluding carboxylic acids is 1. The molecule has 0 aliphatic carbocycles. The number of fused-ring (bicyclic) bond motifs is 2. The third-order valence-corrected chi connectivity index (χ3v) is 9.38. The number of nitrogens with zero attached hydrogens (tertiary/aromatic N) is 4. The molecular formula is C22H25N7O5S2. The van der Waals surface area contributed by atoms with Gasteiger partial charge in [0.25, 0.3) is 15.9 Å². The van der Waals surface area contributed by atoms with E-state index in [1.165, 1.54) is 22.3 Å². The molecule has 190 valence electrons. The van der Waals surface area contributed by atoms with Gasteiger partial charge in [-0.25, -0.2) is 18.2 Å². The predicted octanol–water partition coefficient (Wildman–Crippen LogP) is 0.496. The van der Waals surface area contributed by atoms with Crippen LogP contribution in [0.2, 0.25) is 0 Å². The molecule has 2 aliphatic heterocycles. The number of benzene rings is 1. The number of hydrogen-bond acceptors (Lipinski definition) is 8. The quantitative estimate of drug-likeness (QED) is 0.272. The topological polar surface area (TPSA) is 177 Å². The summed E-state index contributed by atoms with van der Waals surface area (Å²) in [6.45, 7) is 1.01. The normalized spacial score (nSPS) is 19.4. The van der Waals surface area contributed by atoms with Crippen molar-refractivity contribution < 1.29 is 23.1 Å². The van der Waals surface area contributed by atoms with Crippen molar-refractivity contribution in [3.63, 3.8) is 0 Å². The van der Waals surface area contributed by atoms with Gasteiger partial charge in [0.2, 0.25) is 0 Å². The number of likely N-dealkylation sites (N-methyl/N-ethyl adjacent to an activating group) is 1. The standard InChI is InChI=1S/C22H25N7O5S2/c1-27-5-4-14-17(11-27)35-20(26-14)21(30)29-7-6-28(10-16(29)22(31)32)36(33,34)18-9-12-2-3-13(19(23)24)8-15(12)25-18/h2-3,8-9,16,25H,4-7,10-11H2,1H3,(H3,23,24)(H,31,32). The second kappa shape index (κ2) is 8.96. The summed E-state index contributed by atoms with van der Waals surface area (Å²) >= 11 is 1.27. The Morgan fingerprint density at radius 1 is 1.25 bits per heavy atom. The number of H-pyrrole nitrogens is 1. The predicted molar refractivity (Wildman–Crippen MR) is 133 cm³/mol. The number of nitrogens with one attached hydrogen (secondary N) is 2. The Balaban J connectivity index is 1.38. The second-order valence-electron chi connectivity index (χ2n) is 8.94. The third-order valence-electron chi connectivity index (χ3n) is 6.52. The van der Waals surface area contributed by atoms with Crippen molar-refractivity contribution in [1.82, 2.24) is 24.1 Å². The van der Waals surface area contributed by atoms with E-state index in [0.717, 1.165) is 27.8 Å². The van der Waals surface area contributed by atoms with Gasteiger partial charge < -0.3 is 25.6 Å². The summed E-state index contributed by atoms with van der Waals surface area (Å²) in [5.41, 5.74) is 7.32. The highest BCUT2D eigenvalue weighted by Crippen LogP contribution is 2.28. The lowest BCUT2D eigenvalue weighted by Crippen LogP contribution is -2.59. The van der Waals surface area contributed by atoms with Crippen LogP contribution in [0.25, 0.3) is 10.9 Å². The van der Waals surface area contributed by atoms with Gasteiger partial charge in [-0.05, 0) is 19.2 Å². The average molecular weight is 532 g/mol. The van der Waals surface area contributed by atoms with Crippen molar-refractivity contribution in [3.8, 4) is 0 Å². The number of carboxylic acids is 1. The number of nitrogens with two attached hydrogens (primary N) is 1. The lowest BCUT2D eigenvalue weighted by atomic mass is 10.1. The molecule has 0 spiro atoms. The van der Waals surface area contributed by atoms with Crippen LogP contribution in [0.5, 0.6) is 0 Å². The van der Waals surface area contributed by atoms with Crippen molar-refractivity contribution in [3.05, 3.63) is 45.4 Å². The smallest absolute Gasteiger partial charge is 0.327 e. The zero-order chi connectivity index (χ0) is 25.8. The molecule has 36 heavy (non-hydrogen) atoms. The number of thiazole rings is 1. The number of piperazine rings is 1. The monoisotopic (exact) mass is 531 g/mol. The van der Waals surface area contributed by atoms with E-state index in [-0.39, 0.29) is 35.5 Å². The van der Waals surface area contributed by atoms with E-state index in [1.807, 2.05) is 7.05 Å². The lowest BCUT2D eigenvalue weighted by Gasteiger charge is -2.37. The van der Waals surface area contributed by atoms with E-state index in [0.29, 0.717) is 23.0 Å². The first-order chi connectivity index (χ1) is 17.0. The molecule has 1 atom stereocenters. The minimum atomic E-state index is -4.07. The van der Waals surface area contributed by atoms with E-state index < -0.39 is 27.9 Å². The number of aromatic nitrogens is 2. The Kier molecular flexibility index (Phi) is 6.06. The summed E-state index contributed by atoms with van der Waals surface area (Å²) in [5, 5.41) is 18.2. The van der Waals surface area contributed by atoms with Gasteiger partial charge in [0.15, 0.2) is 5.01 Å². The Morgan fingerprint density at radius 3 is 2.75 bits per heavy atom. The number of amides is 1. The fourth-order valence-electron chi connectivity index (χ4n) is 4.51. The zero-order valence-electron chi connectivity index (χ0n) is 19.4. The van der Waals surface area contributed by atoms with Crippen LogP contribution in [0.15, 0.2) is 29.3 Å². The molecular weight excluding hydrogens is 506 g/mol. The second-order valence-corrected chi connectivity index (χ2v) is 11.9. The van der Waals surface area contributed by atoms with E-state index >= 15 is 0 Å². The van der Waals surface area contributed by atoms with Crippen LogP contribution >= 0.6 is 11.3 Å². The molecule has 2 aromatic heterocycles. The van der Waals surface area contributed by atoms with Crippen molar-refractivity contribution >= 4 is 50.0 Å². The number of hydrogen-bond donors (Lipinski definition) is 4. The first kappa shape index (κ1) is 24.4. The molecule has 2 aliphatic rings. The summed E-state index contributed by atoms with van der Waals surface area (Å²) < 4.78 is 27.8. The minimum absolute atomic E-state index is 0.0558. The van der Waals surface area contributed by atoms with E-state index in [4.69, 9.17) is 11.1 Å². The Labute approximate surface area is 210 Å². The highest BCUT2D eigenvalue weighted by molar-refractivity contribution is 7.89. The molecule has 5 N–H and O–H groups in total. The molecule has 12 nitrogen and oxygen atoms in total. The van der Waals surface area contributed by atoms with E-state index in [1.54, 1.807) is 18.2 Å². The van der Waals surface area contributed by atoms with Crippen LogP contribution in [0.1, 0.15) is 25.9 Å². The maximum absolute atomic E-state index is 13.4. The Morgan fingerprint density at radius 2 is 2.03 bits per heavy atom. The van der Waals surface area contributed by atoms with Gasteiger partial charge in [-0.3, -0.25) is 10.2 Å². The van der Waals surface area contributed by atoms with E-state index in [2.05, 4.69) is 14.9 Å². The van der Waals surface area contributed by atoms with Crippen molar-refractivity contribution in [2.24, 2.45) is 5.73 Å². The van der Waals surface area contributed by atoms with Crippen LogP contribution in [0, 0.1) is 5.41 Å². The van der Waals surface area contributed by atoms with Crippen LogP contribution in [0.4, 0.5) is 0 Å². The van der Waals surface area contributed by atoms with Crippen molar-refractivity contribution in [2.45, 2.75) is 24.0 Å². The van der Waals surface area contributed by atoms with Crippen LogP contribution in [0.3, 0.4) is 0 Å². The zero-order valence-corrected chi connectivity index (χ0v) is 21.0. The average Bonchev–Trinajstić information content (AvgIpc) is 3.46. The fraction of sp³-hybridized carbons (Fsp3) is 0.364. The first-order valence-electron chi connectivity index (χ1n) is 11.2. The third kappa shape index (κ3) is 4.25. The number of carboxylic acid groups (broad SMARTS) is 1. The first-order valence-corrected chi connectivity index (χ1v) is 13.5. The van der Waals surface area contributed by atoms with Crippen molar-refractivity contribution in [2.75, 3.05) is 33.2 Å². The van der Waals surface area contributed by atoms with Gasteiger partial charge in [-0.15, -0.1) is 11.3 Å². The number of nitrogen functional groups attached to an aromatic ring is 1. The van der Waals surface area contributed by atoms with Gasteiger partial charge >= 0.3 is 5.97 Å². The van der Waals surface area contributed by atoms with Crippen LogP contribution in [-0.2, 0) is 27.8 Å². The molecule has 5 rings (SSSR count). The number of amidine groups is 1. The largest absolute Gasteiger partial charge is 0.480 e. The lowest BCUT2D eigenvalue weighted by molar-refractivity contribution is -0.143. The van der Waals surface area contributed by atoms with Gasteiger partial charge in [0.1, 0.15) is 16.9 Å². The fourth-order valence-corrected chi connectivity index (χ4v) is 7.11. The summed E-state index contributed by atoms with van der Waals surface area (Å²) in [6.07, 6.45) is 0.725. The SMILES string of the molecule is CN1CCc2nc(C(=O)N3CCN(S(=O)(=O)c4cc5ccc(C(=N)N)cc5[nH]4)CC3C(=O)O)sc2C1. The molecule has 1 fully saturated rings. The molecule has 4 heterocycles. The summed E-state index contributed by atoms with van der Waals surface area (Å²) in [7, 11) is -2.09. The molecule has 0 radical (unpaired) electrons. The molecule has 0 bridgehead atoms. The number of rotatable bonds is 5. The van der Waals surface area contributed by atoms with Gasteiger partial charge in [-0.2, -0.15) is 4.31 Å². The number of aliphatic carboxylic acids is 1. The van der Waals surface area contributed by atoms with Gasteiger partial charge in [0, 0.05) is 60.5 Å². The highest BCUT2D eigenvalue weighted by atomic mass is 32.2. The van der Waals surface area contributed by atoms with E-state index in [9.17, 15) is 23.1 Å². The molecule has 1 saturated heterocycles. The van der Waals surface area contributed by atoms with Crippen LogP contribution in [-0.4, -0.2) is 94.6 Å². The Bertz CT molecular complexity index is 1500. The maximum Gasteiger partial charge on any atom is 0.327 e. The molecule has 14 heteroatoms. The summed E-state index contributed by atoms with van der Waals surface area (Å²) in [6, 6.07) is 4.97. The molecule has 1 aromatic carbocycles. The molecule has 0 saturated carbocycles. The maximum atomic E-state index is 13.4. The summed E-state index contributed by atoms with van der Waals surface area (Å²) in [5.74, 6) is -1.93. The highest BCUT2D eigenvalue weighted by Gasteiger charge is 2.41. The van der Waals surface area contributed by atoms with Crippen LogP contribution < -0.4 is 5.73 Å². The van der Waals surface area contributed by atoms with Gasteiger partial charge in [-0.1, -0.05) is 12.1 Å². The number of aromatic amines is 1. The number of carbonyl (C=O) groups is 2. The summed E-state index contributed by atoms with van der Waals surface area (Å²) in [4.78, 5) is 37.0. The van der Waals surface area contributed by atoms with Gasteiger partial charge in [0.05, 0.1) is 5.69 Å².